The van der Waals surface area contributed by atoms with Crippen molar-refractivity contribution in [3.8, 4) is 5.75 Å². The molecular formula is C21H23NO8. The summed E-state index contributed by atoms with van der Waals surface area (Å²) in [5, 5.41) is 54.1. The molecule has 4 rings (SSSR count). The fourth-order valence-corrected chi connectivity index (χ4v) is 5.51. The lowest BCUT2D eigenvalue weighted by molar-refractivity contribution is -0.186. The number of rotatable bonds is 1. The van der Waals surface area contributed by atoms with Gasteiger partial charge in [-0.15, -0.1) is 0 Å². The summed E-state index contributed by atoms with van der Waals surface area (Å²) in [7, 11) is 0. The van der Waals surface area contributed by atoms with Crippen LogP contribution in [0.3, 0.4) is 0 Å². The third-order valence-electron chi connectivity index (χ3n) is 7.20. The van der Waals surface area contributed by atoms with Crippen LogP contribution in [-0.4, -0.2) is 54.7 Å². The molecular weight excluding hydrogens is 394 g/mol. The van der Waals surface area contributed by atoms with E-state index in [-0.39, 0.29) is 23.3 Å². The van der Waals surface area contributed by atoms with Crippen molar-refractivity contribution in [2.45, 2.75) is 37.6 Å². The van der Waals surface area contributed by atoms with Crippen molar-refractivity contribution in [3.05, 3.63) is 34.9 Å². The lowest BCUT2D eigenvalue weighted by atomic mass is 9.51. The van der Waals surface area contributed by atoms with Crippen LogP contribution in [0, 0.1) is 23.7 Å². The summed E-state index contributed by atoms with van der Waals surface area (Å²) in [6.45, 7) is 2.90. The minimum atomic E-state index is -2.70. The van der Waals surface area contributed by atoms with Crippen molar-refractivity contribution < 1.29 is 39.9 Å². The van der Waals surface area contributed by atoms with E-state index in [0.29, 0.717) is 0 Å². The van der Waals surface area contributed by atoms with Crippen LogP contribution < -0.4 is 5.73 Å². The molecule has 0 aliphatic heterocycles. The fourth-order valence-electron chi connectivity index (χ4n) is 5.51. The average Bonchev–Trinajstić information content (AvgIpc) is 2.66. The molecule has 7 atom stereocenters. The highest BCUT2D eigenvalue weighted by Crippen LogP contribution is 2.57. The maximum Gasteiger partial charge on any atom is 0.230 e. The molecule has 9 nitrogen and oxygen atoms in total. The molecule has 1 amide bonds. The van der Waals surface area contributed by atoms with E-state index in [0.717, 1.165) is 0 Å². The largest absolute Gasteiger partial charge is 0.507 e. The van der Waals surface area contributed by atoms with Gasteiger partial charge >= 0.3 is 0 Å². The van der Waals surface area contributed by atoms with Gasteiger partial charge < -0.3 is 31.3 Å². The van der Waals surface area contributed by atoms with E-state index in [1.54, 1.807) is 0 Å². The number of phenolic OH excluding ortho intramolecular Hbond substituents is 1. The minimum absolute atomic E-state index is 0.126. The number of Topliss-reactive ketones (excluding diaryl/α,β-unsaturated/α-hetero) is 2. The number of amides is 1. The van der Waals surface area contributed by atoms with Crippen molar-refractivity contribution in [2.24, 2.45) is 29.4 Å². The number of fused-ring (bicyclic) bond motifs is 3. The molecule has 2 fully saturated rings. The number of ketones is 2. The Morgan fingerprint density at radius 1 is 1.20 bits per heavy atom. The van der Waals surface area contributed by atoms with Crippen molar-refractivity contribution in [3.63, 3.8) is 0 Å². The zero-order valence-electron chi connectivity index (χ0n) is 16.4. The molecule has 0 spiro atoms. The Kier molecular flexibility index (Phi) is 4.19. The van der Waals surface area contributed by atoms with E-state index in [1.165, 1.54) is 32.0 Å². The van der Waals surface area contributed by atoms with E-state index < -0.39 is 69.8 Å². The molecule has 0 heterocycles. The first-order chi connectivity index (χ1) is 13.9. The molecule has 1 aromatic rings. The Morgan fingerprint density at radius 3 is 2.43 bits per heavy atom. The van der Waals surface area contributed by atoms with Crippen LogP contribution in [0.4, 0.5) is 0 Å². The molecule has 0 radical (unpaired) electrons. The third-order valence-corrected chi connectivity index (χ3v) is 7.20. The van der Waals surface area contributed by atoms with Gasteiger partial charge in [0.1, 0.15) is 17.4 Å². The second kappa shape index (κ2) is 6.13. The summed E-state index contributed by atoms with van der Waals surface area (Å²) in [4.78, 5) is 38.2. The van der Waals surface area contributed by atoms with Gasteiger partial charge in [0.2, 0.25) is 11.7 Å². The quantitative estimate of drug-likeness (QED) is 0.331. The van der Waals surface area contributed by atoms with Crippen LogP contribution >= 0.6 is 0 Å². The zero-order valence-corrected chi connectivity index (χ0v) is 16.4. The number of primary amides is 1. The lowest BCUT2D eigenvalue weighted by Gasteiger charge is -2.53. The van der Waals surface area contributed by atoms with Gasteiger partial charge in [0.05, 0.1) is 17.3 Å². The van der Waals surface area contributed by atoms with Crippen LogP contribution in [-0.2, 0) is 20.0 Å². The maximum atomic E-state index is 13.5. The van der Waals surface area contributed by atoms with Crippen molar-refractivity contribution >= 4 is 23.2 Å². The second-order valence-electron chi connectivity index (χ2n) is 8.69. The number of carbonyl (C=O) groups is 3. The number of aliphatic hydroxyl groups excluding tert-OH is 2. The van der Waals surface area contributed by atoms with Gasteiger partial charge in [-0.1, -0.05) is 19.1 Å². The fraction of sp³-hybridized carbons (Fsp3) is 0.476. The normalized spacial score (nSPS) is 40.5. The Labute approximate surface area is 171 Å². The summed E-state index contributed by atoms with van der Waals surface area (Å²) in [6.07, 6.45) is -1.63. The third kappa shape index (κ3) is 2.25. The molecule has 3 aliphatic rings. The zero-order chi connectivity index (χ0) is 22.3. The number of hydrogen-bond donors (Lipinski definition) is 6. The molecule has 30 heavy (non-hydrogen) atoms. The molecule has 0 saturated heterocycles. The lowest BCUT2D eigenvalue weighted by Crippen LogP contribution is -2.70. The monoisotopic (exact) mass is 417 g/mol. The first-order valence-corrected chi connectivity index (χ1v) is 9.63. The number of hydrogen-bond acceptors (Lipinski definition) is 8. The van der Waals surface area contributed by atoms with Crippen molar-refractivity contribution in [1.29, 1.82) is 0 Å². The van der Waals surface area contributed by atoms with Gasteiger partial charge in [0.15, 0.2) is 11.4 Å². The van der Waals surface area contributed by atoms with E-state index in [1.807, 2.05) is 0 Å². The molecule has 2 saturated carbocycles. The number of benzene rings is 1. The van der Waals surface area contributed by atoms with E-state index in [9.17, 15) is 39.9 Å². The first kappa shape index (κ1) is 20.5. The first-order valence-electron chi connectivity index (χ1n) is 9.63. The number of nitrogens with two attached hydrogens (primary N) is 1. The van der Waals surface area contributed by atoms with Crippen molar-refractivity contribution in [1.82, 2.24) is 0 Å². The SMILES string of the molecule is CC1C(O)C(C(N)=O)C(=O)C2(O)C(=O)C3=C(O)c4c(O)cccc4C(C)(O)C3CC12. The highest BCUT2D eigenvalue weighted by molar-refractivity contribution is 6.24. The van der Waals surface area contributed by atoms with Crippen LogP contribution in [0.5, 0.6) is 5.75 Å². The van der Waals surface area contributed by atoms with E-state index in [4.69, 9.17) is 5.73 Å². The molecule has 1 aromatic carbocycles. The smallest absolute Gasteiger partial charge is 0.230 e. The van der Waals surface area contributed by atoms with Gasteiger partial charge in [0, 0.05) is 17.4 Å². The maximum absolute atomic E-state index is 13.5. The number of aromatic hydroxyl groups is 1. The number of carbonyl (C=O) groups excluding carboxylic acids is 3. The van der Waals surface area contributed by atoms with Gasteiger partial charge in [-0.25, -0.2) is 0 Å². The van der Waals surface area contributed by atoms with Crippen LogP contribution in [0.1, 0.15) is 31.4 Å². The summed E-state index contributed by atoms with van der Waals surface area (Å²) < 4.78 is 0. The number of phenols is 1. The predicted octanol–water partition coefficient (Wildman–Crippen LogP) is -0.500. The summed E-state index contributed by atoms with van der Waals surface area (Å²) in [5.74, 6) is -9.37. The van der Waals surface area contributed by atoms with E-state index in [2.05, 4.69) is 0 Å². The molecule has 7 unspecified atom stereocenters. The minimum Gasteiger partial charge on any atom is -0.507 e. The molecule has 0 aromatic heterocycles. The Bertz CT molecular complexity index is 1030. The summed E-state index contributed by atoms with van der Waals surface area (Å²) in [5.41, 5.74) is 0.462. The van der Waals surface area contributed by atoms with Gasteiger partial charge in [-0.3, -0.25) is 14.4 Å². The molecule has 9 heteroatoms. The average molecular weight is 417 g/mol. The van der Waals surface area contributed by atoms with Crippen LogP contribution in [0.15, 0.2) is 23.8 Å². The Morgan fingerprint density at radius 2 is 1.83 bits per heavy atom. The van der Waals surface area contributed by atoms with Gasteiger partial charge in [0.25, 0.3) is 0 Å². The molecule has 3 aliphatic carbocycles. The topological polar surface area (TPSA) is 178 Å². The van der Waals surface area contributed by atoms with Gasteiger partial charge in [-0.2, -0.15) is 0 Å². The molecule has 7 N–H and O–H groups in total. The Hall–Kier alpha value is -2.75. The van der Waals surface area contributed by atoms with Crippen LogP contribution in [0.2, 0.25) is 0 Å². The van der Waals surface area contributed by atoms with Crippen LogP contribution in [0.25, 0.3) is 5.76 Å². The number of aliphatic hydroxyl groups is 4. The summed E-state index contributed by atoms with van der Waals surface area (Å²) >= 11 is 0. The molecule has 0 bridgehead atoms. The van der Waals surface area contributed by atoms with E-state index >= 15 is 0 Å². The Balaban J connectivity index is 1.97. The highest BCUT2D eigenvalue weighted by Gasteiger charge is 2.68. The van der Waals surface area contributed by atoms with Crippen molar-refractivity contribution in [2.75, 3.05) is 0 Å². The second-order valence-corrected chi connectivity index (χ2v) is 8.69. The summed E-state index contributed by atoms with van der Waals surface area (Å²) in [6, 6.07) is 4.25. The van der Waals surface area contributed by atoms with Gasteiger partial charge in [-0.05, 0) is 30.9 Å². The predicted molar refractivity (Wildman–Crippen MR) is 102 cm³/mol. The standard InChI is InChI=1S/C21H23NO8/c1-7-9-6-10-13(16(25)12-8(20(10,2)29)4-3-5-11(12)23)17(26)21(9,30)18(27)14(15(7)24)19(22)28/h3-5,7,9-10,14-15,23-25,29-30H,6H2,1-2H3,(H2,22,28). The molecule has 160 valence electrons. The highest BCUT2D eigenvalue weighted by atomic mass is 16.3.